The van der Waals surface area contributed by atoms with E-state index in [2.05, 4.69) is 19.2 Å². The molecule has 124 valence electrons. The van der Waals surface area contributed by atoms with E-state index < -0.39 is 0 Å². The molecule has 0 aromatic rings. The first kappa shape index (κ1) is 18.8. The summed E-state index contributed by atoms with van der Waals surface area (Å²) in [5.41, 5.74) is -0.363. The zero-order valence-electron chi connectivity index (χ0n) is 14.4. The number of carbonyl (C=O) groups excluding carboxylic acids is 1. The Bertz CT molecular complexity index is 306. The lowest BCUT2D eigenvalue weighted by Gasteiger charge is -2.31. The van der Waals surface area contributed by atoms with Crippen molar-refractivity contribution in [2.45, 2.75) is 84.4 Å². The summed E-state index contributed by atoms with van der Waals surface area (Å²) in [7, 11) is 0. The molecule has 21 heavy (non-hydrogen) atoms. The van der Waals surface area contributed by atoms with Gasteiger partial charge in [0.05, 0.1) is 5.92 Å². The maximum absolute atomic E-state index is 12.1. The van der Waals surface area contributed by atoms with Gasteiger partial charge in [-0.25, -0.2) is 0 Å². The molecule has 0 heterocycles. The monoisotopic (exact) mass is 315 g/mol. The molecule has 1 aliphatic rings. The Labute approximate surface area is 135 Å². The van der Waals surface area contributed by atoms with Crippen molar-refractivity contribution in [3.05, 3.63) is 0 Å². The largest absolute Gasteiger partial charge is 0.460 e. The SMILES string of the molecule is CCSCC[C@H](C)NC1CCC(C(=O)OC(C)(C)C)CC1. The summed E-state index contributed by atoms with van der Waals surface area (Å²) >= 11 is 2.01. The number of rotatable bonds is 7. The summed E-state index contributed by atoms with van der Waals surface area (Å²) in [4.78, 5) is 12.1. The second-order valence-electron chi connectivity index (χ2n) is 7.14. The van der Waals surface area contributed by atoms with E-state index in [1.165, 1.54) is 17.9 Å². The smallest absolute Gasteiger partial charge is 0.309 e. The van der Waals surface area contributed by atoms with Crippen LogP contribution in [0.25, 0.3) is 0 Å². The number of ether oxygens (including phenoxy) is 1. The van der Waals surface area contributed by atoms with Crippen molar-refractivity contribution in [2.75, 3.05) is 11.5 Å². The van der Waals surface area contributed by atoms with Crippen LogP contribution < -0.4 is 5.32 Å². The number of carbonyl (C=O) groups is 1. The zero-order valence-corrected chi connectivity index (χ0v) is 15.2. The molecule has 1 aliphatic carbocycles. The third kappa shape index (κ3) is 8.10. The lowest BCUT2D eigenvalue weighted by atomic mass is 9.85. The van der Waals surface area contributed by atoms with Gasteiger partial charge in [-0.1, -0.05) is 6.92 Å². The standard InChI is InChI=1S/C17H33NO2S/c1-6-21-12-11-13(2)18-15-9-7-14(8-10-15)16(19)20-17(3,4)5/h13-15,18H,6-12H2,1-5H3/t13-,14?,15?/m0/s1. The molecule has 1 atom stereocenters. The molecule has 0 spiro atoms. The Morgan fingerprint density at radius 1 is 1.29 bits per heavy atom. The van der Waals surface area contributed by atoms with Crippen LogP contribution >= 0.6 is 11.8 Å². The molecule has 1 saturated carbocycles. The van der Waals surface area contributed by atoms with E-state index in [1.54, 1.807) is 0 Å². The van der Waals surface area contributed by atoms with E-state index in [0.717, 1.165) is 25.7 Å². The predicted octanol–water partition coefficient (Wildman–Crippen LogP) is 4.01. The third-order valence-corrected chi connectivity index (χ3v) is 4.82. The minimum Gasteiger partial charge on any atom is -0.460 e. The first-order valence-corrected chi connectivity index (χ1v) is 9.54. The molecular formula is C17H33NO2S. The lowest BCUT2D eigenvalue weighted by Crippen LogP contribution is -2.41. The number of thioether (sulfide) groups is 1. The van der Waals surface area contributed by atoms with E-state index in [-0.39, 0.29) is 17.5 Å². The van der Waals surface area contributed by atoms with Gasteiger partial charge in [0.15, 0.2) is 0 Å². The fourth-order valence-corrected chi connectivity index (χ4v) is 3.58. The molecule has 3 nitrogen and oxygen atoms in total. The van der Waals surface area contributed by atoms with Gasteiger partial charge < -0.3 is 10.1 Å². The molecule has 0 aromatic carbocycles. The Morgan fingerprint density at radius 3 is 2.43 bits per heavy atom. The Balaban J connectivity index is 2.24. The number of hydrogen-bond acceptors (Lipinski definition) is 4. The van der Waals surface area contributed by atoms with Crippen LogP contribution in [0, 0.1) is 5.92 Å². The molecule has 4 heteroatoms. The van der Waals surface area contributed by atoms with Crippen LogP contribution in [0.3, 0.4) is 0 Å². The summed E-state index contributed by atoms with van der Waals surface area (Å²) in [5.74, 6) is 2.53. The average molecular weight is 316 g/mol. The van der Waals surface area contributed by atoms with Gasteiger partial charge in [0.25, 0.3) is 0 Å². The van der Waals surface area contributed by atoms with Crippen LogP contribution in [-0.4, -0.2) is 35.2 Å². The van der Waals surface area contributed by atoms with Crippen molar-refractivity contribution in [2.24, 2.45) is 5.92 Å². The summed E-state index contributed by atoms with van der Waals surface area (Å²) in [6.07, 6.45) is 5.33. The molecule has 0 amide bonds. The molecule has 0 aliphatic heterocycles. The molecule has 0 aromatic heterocycles. The van der Waals surface area contributed by atoms with Crippen LogP contribution in [0.2, 0.25) is 0 Å². The molecular weight excluding hydrogens is 282 g/mol. The summed E-state index contributed by atoms with van der Waals surface area (Å²) < 4.78 is 5.50. The van der Waals surface area contributed by atoms with Crippen molar-refractivity contribution in [1.82, 2.24) is 5.32 Å². The summed E-state index contributed by atoms with van der Waals surface area (Å²) in [6.45, 7) is 10.3. The molecule has 0 radical (unpaired) electrons. The Hall–Kier alpha value is -0.220. The van der Waals surface area contributed by atoms with Gasteiger partial charge >= 0.3 is 5.97 Å². The van der Waals surface area contributed by atoms with Crippen molar-refractivity contribution in [1.29, 1.82) is 0 Å². The highest BCUT2D eigenvalue weighted by molar-refractivity contribution is 7.99. The first-order valence-electron chi connectivity index (χ1n) is 8.38. The van der Waals surface area contributed by atoms with Crippen LogP contribution in [0.1, 0.15) is 66.7 Å². The normalized spacial score (nSPS) is 24.6. The molecule has 0 saturated heterocycles. The fraction of sp³-hybridized carbons (Fsp3) is 0.941. The minimum atomic E-state index is -0.363. The van der Waals surface area contributed by atoms with Gasteiger partial charge in [-0.05, 0) is 71.3 Å². The topological polar surface area (TPSA) is 38.3 Å². The van der Waals surface area contributed by atoms with Gasteiger partial charge in [0.1, 0.15) is 5.60 Å². The maximum Gasteiger partial charge on any atom is 0.309 e. The fourth-order valence-electron chi connectivity index (χ4n) is 2.77. The molecule has 0 unspecified atom stereocenters. The van der Waals surface area contributed by atoms with E-state index in [1.807, 2.05) is 32.5 Å². The Kier molecular flexibility index (Phi) is 8.10. The Morgan fingerprint density at radius 2 is 1.90 bits per heavy atom. The molecule has 1 N–H and O–H groups in total. The first-order chi connectivity index (χ1) is 9.81. The van der Waals surface area contributed by atoms with Gasteiger partial charge in [0, 0.05) is 12.1 Å². The second-order valence-corrected chi connectivity index (χ2v) is 8.53. The zero-order chi connectivity index (χ0) is 15.9. The predicted molar refractivity (Wildman–Crippen MR) is 91.8 cm³/mol. The minimum absolute atomic E-state index is 0.00616. The third-order valence-electron chi connectivity index (χ3n) is 3.89. The van der Waals surface area contributed by atoms with Gasteiger partial charge in [-0.3, -0.25) is 4.79 Å². The molecule has 0 bridgehead atoms. The van der Waals surface area contributed by atoms with Gasteiger partial charge in [-0.15, -0.1) is 0 Å². The van der Waals surface area contributed by atoms with Crippen LogP contribution in [-0.2, 0) is 9.53 Å². The quantitative estimate of drug-likeness (QED) is 0.569. The highest BCUT2D eigenvalue weighted by Gasteiger charge is 2.30. The summed E-state index contributed by atoms with van der Waals surface area (Å²) in [5, 5.41) is 3.72. The highest BCUT2D eigenvalue weighted by Crippen LogP contribution is 2.27. The van der Waals surface area contributed by atoms with Crippen LogP contribution in [0.15, 0.2) is 0 Å². The van der Waals surface area contributed by atoms with E-state index in [0.29, 0.717) is 12.1 Å². The van der Waals surface area contributed by atoms with E-state index >= 15 is 0 Å². The van der Waals surface area contributed by atoms with E-state index in [4.69, 9.17) is 4.74 Å². The van der Waals surface area contributed by atoms with Crippen molar-refractivity contribution < 1.29 is 9.53 Å². The number of nitrogens with one attached hydrogen (secondary N) is 1. The van der Waals surface area contributed by atoms with Gasteiger partial charge in [-0.2, -0.15) is 11.8 Å². The average Bonchev–Trinajstić information content (AvgIpc) is 2.38. The molecule has 1 fully saturated rings. The lowest BCUT2D eigenvalue weighted by molar-refractivity contribution is -0.161. The van der Waals surface area contributed by atoms with Crippen molar-refractivity contribution >= 4 is 17.7 Å². The molecule has 1 rings (SSSR count). The summed E-state index contributed by atoms with van der Waals surface area (Å²) in [6, 6.07) is 1.15. The number of hydrogen-bond donors (Lipinski definition) is 1. The number of esters is 1. The van der Waals surface area contributed by atoms with Crippen LogP contribution in [0.4, 0.5) is 0 Å². The maximum atomic E-state index is 12.1. The van der Waals surface area contributed by atoms with Crippen molar-refractivity contribution in [3.63, 3.8) is 0 Å². The highest BCUT2D eigenvalue weighted by atomic mass is 32.2. The van der Waals surface area contributed by atoms with Crippen LogP contribution in [0.5, 0.6) is 0 Å². The second kappa shape index (κ2) is 9.04. The van der Waals surface area contributed by atoms with Crippen molar-refractivity contribution in [3.8, 4) is 0 Å². The van der Waals surface area contributed by atoms with E-state index in [9.17, 15) is 4.79 Å². The van der Waals surface area contributed by atoms with Gasteiger partial charge in [0.2, 0.25) is 0 Å².